The molecular formula is C17H24N4O2S. The minimum atomic E-state index is -0.105. The molecular weight excluding hydrogens is 324 g/mol. The minimum Gasteiger partial charge on any atom is -0.350 e. The van der Waals surface area contributed by atoms with Crippen molar-refractivity contribution in [3.8, 4) is 0 Å². The van der Waals surface area contributed by atoms with E-state index in [1.165, 1.54) is 0 Å². The molecule has 130 valence electrons. The van der Waals surface area contributed by atoms with Gasteiger partial charge < -0.3 is 15.5 Å². The van der Waals surface area contributed by atoms with E-state index >= 15 is 0 Å². The van der Waals surface area contributed by atoms with E-state index in [4.69, 9.17) is 0 Å². The number of aromatic nitrogens is 1. The van der Waals surface area contributed by atoms with Crippen LogP contribution in [0, 0.1) is 12.8 Å². The monoisotopic (exact) mass is 348 g/mol. The van der Waals surface area contributed by atoms with Crippen molar-refractivity contribution in [1.82, 2.24) is 20.5 Å². The summed E-state index contributed by atoms with van der Waals surface area (Å²) >= 11 is 1.65. The van der Waals surface area contributed by atoms with Crippen LogP contribution >= 0.6 is 11.3 Å². The van der Waals surface area contributed by atoms with Crippen LogP contribution in [0.3, 0.4) is 0 Å². The average molecular weight is 348 g/mol. The highest BCUT2D eigenvalue weighted by molar-refractivity contribution is 7.11. The third-order valence-corrected chi connectivity index (χ3v) is 6.32. The molecule has 1 saturated heterocycles. The van der Waals surface area contributed by atoms with Gasteiger partial charge in [0.2, 0.25) is 5.91 Å². The van der Waals surface area contributed by atoms with E-state index in [1.54, 1.807) is 16.2 Å². The third kappa shape index (κ3) is 3.14. The van der Waals surface area contributed by atoms with Gasteiger partial charge in [-0.3, -0.25) is 4.79 Å². The average Bonchev–Trinajstić information content (AvgIpc) is 3.32. The van der Waals surface area contributed by atoms with Gasteiger partial charge in [-0.25, -0.2) is 9.78 Å². The van der Waals surface area contributed by atoms with Crippen molar-refractivity contribution in [2.45, 2.75) is 63.6 Å². The van der Waals surface area contributed by atoms with Gasteiger partial charge in [0, 0.05) is 17.1 Å². The number of nitrogens with zero attached hydrogens (tertiary/aromatic N) is 2. The lowest BCUT2D eigenvalue weighted by molar-refractivity contribution is -0.126. The molecule has 0 unspecified atom stereocenters. The number of carbonyl (C=O) groups is 2. The molecule has 2 heterocycles. The van der Waals surface area contributed by atoms with Gasteiger partial charge in [-0.05, 0) is 38.5 Å². The molecule has 0 spiro atoms. The largest absolute Gasteiger partial charge is 0.350 e. The summed E-state index contributed by atoms with van der Waals surface area (Å²) in [6.45, 7) is 2.20. The standard InChI is InChI=1S/C17H24N4O2S/c1-10-8-18-16(24-10)15(11-6-7-11)20-17(23)21-9-14(22)19-12-4-2-3-5-13(12)21/h8,11-13,15H,2-7,9H2,1H3,(H,19,22)(H,20,23)/t12-,13+,15+/m0/s1. The molecule has 3 fully saturated rings. The van der Waals surface area contributed by atoms with Crippen molar-refractivity contribution in [1.29, 1.82) is 0 Å². The maximum Gasteiger partial charge on any atom is 0.318 e. The molecule has 2 saturated carbocycles. The zero-order valence-electron chi connectivity index (χ0n) is 14.0. The van der Waals surface area contributed by atoms with Gasteiger partial charge >= 0.3 is 6.03 Å². The molecule has 0 aromatic carbocycles. The number of amides is 3. The minimum absolute atomic E-state index is 0.0109. The van der Waals surface area contributed by atoms with Crippen LogP contribution in [0.25, 0.3) is 0 Å². The second-order valence-electron chi connectivity index (χ2n) is 7.23. The van der Waals surface area contributed by atoms with Gasteiger partial charge in [0.1, 0.15) is 11.6 Å². The van der Waals surface area contributed by atoms with E-state index in [-0.39, 0.29) is 36.6 Å². The number of fused-ring (bicyclic) bond motifs is 1. The fraction of sp³-hybridized carbons (Fsp3) is 0.706. The number of hydrogen-bond acceptors (Lipinski definition) is 4. The summed E-state index contributed by atoms with van der Waals surface area (Å²) in [5, 5.41) is 7.23. The highest BCUT2D eigenvalue weighted by Crippen LogP contribution is 2.42. The second kappa shape index (κ2) is 6.35. The summed E-state index contributed by atoms with van der Waals surface area (Å²) in [6.07, 6.45) is 8.33. The maximum atomic E-state index is 12.9. The van der Waals surface area contributed by atoms with Gasteiger partial charge in [0.25, 0.3) is 0 Å². The normalized spacial score (nSPS) is 28.0. The second-order valence-corrected chi connectivity index (χ2v) is 8.49. The van der Waals surface area contributed by atoms with Gasteiger partial charge in [-0.1, -0.05) is 12.8 Å². The molecule has 1 aromatic heterocycles. The Balaban J connectivity index is 1.50. The Morgan fingerprint density at radius 2 is 2.17 bits per heavy atom. The van der Waals surface area contributed by atoms with E-state index < -0.39 is 0 Å². The first-order valence-electron chi connectivity index (χ1n) is 8.90. The van der Waals surface area contributed by atoms with Crippen molar-refractivity contribution >= 4 is 23.3 Å². The number of rotatable bonds is 3. The topological polar surface area (TPSA) is 74.3 Å². The molecule has 4 rings (SSSR count). The number of hydrogen-bond donors (Lipinski definition) is 2. The molecule has 0 bridgehead atoms. The van der Waals surface area contributed by atoms with E-state index in [1.807, 2.05) is 13.1 Å². The van der Waals surface area contributed by atoms with Crippen molar-refractivity contribution < 1.29 is 9.59 Å². The molecule has 6 nitrogen and oxygen atoms in total. The molecule has 7 heteroatoms. The molecule has 24 heavy (non-hydrogen) atoms. The molecule has 3 atom stereocenters. The molecule has 3 aliphatic rings. The first-order chi connectivity index (χ1) is 11.6. The summed E-state index contributed by atoms with van der Waals surface area (Å²) in [6, 6.07) is 0.135. The Labute approximate surface area is 146 Å². The van der Waals surface area contributed by atoms with Crippen molar-refractivity contribution in [3.05, 3.63) is 16.1 Å². The summed E-state index contributed by atoms with van der Waals surface area (Å²) in [7, 11) is 0. The van der Waals surface area contributed by atoms with Gasteiger partial charge in [-0.2, -0.15) is 0 Å². The molecule has 2 N–H and O–H groups in total. The Morgan fingerprint density at radius 1 is 1.38 bits per heavy atom. The molecule has 1 aliphatic heterocycles. The zero-order valence-corrected chi connectivity index (χ0v) is 14.8. The lowest BCUT2D eigenvalue weighted by atomic mass is 9.87. The Hall–Kier alpha value is -1.63. The number of aryl methyl sites for hydroxylation is 1. The fourth-order valence-corrected chi connectivity index (χ4v) is 4.86. The van der Waals surface area contributed by atoms with Crippen LogP contribution in [0.5, 0.6) is 0 Å². The van der Waals surface area contributed by atoms with Crippen molar-refractivity contribution in [3.63, 3.8) is 0 Å². The SMILES string of the molecule is Cc1cnc([C@H](NC(=O)N2CC(=O)N[C@H]3CCCC[C@H]32)C2CC2)s1. The van der Waals surface area contributed by atoms with Crippen LogP contribution in [0.2, 0.25) is 0 Å². The van der Waals surface area contributed by atoms with Gasteiger partial charge in [0.15, 0.2) is 0 Å². The first kappa shape index (κ1) is 15.9. The zero-order chi connectivity index (χ0) is 16.7. The quantitative estimate of drug-likeness (QED) is 0.880. The summed E-state index contributed by atoms with van der Waals surface area (Å²) in [4.78, 5) is 32.3. The number of urea groups is 1. The summed E-state index contributed by atoms with van der Waals surface area (Å²) in [5.74, 6) is 0.446. The highest BCUT2D eigenvalue weighted by atomic mass is 32.1. The maximum absolute atomic E-state index is 12.9. The predicted molar refractivity (Wildman–Crippen MR) is 91.7 cm³/mol. The molecule has 1 aromatic rings. The Bertz CT molecular complexity index is 642. The van der Waals surface area contributed by atoms with Crippen LogP contribution in [0.15, 0.2) is 6.20 Å². The third-order valence-electron chi connectivity index (χ3n) is 5.33. The molecule has 2 aliphatic carbocycles. The number of nitrogens with one attached hydrogen (secondary N) is 2. The van der Waals surface area contributed by atoms with Crippen LogP contribution in [0.4, 0.5) is 4.79 Å². The van der Waals surface area contributed by atoms with Crippen LogP contribution < -0.4 is 10.6 Å². The lowest BCUT2D eigenvalue weighted by Gasteiger charge is -2.44. The van der Waals surface area contributed by atoms with E-state index in [0.717, 1.165) is 48.4 Å². The van der Waals surface area contributed by atoms with Crippen LogP contribution in [-0.4, -0.2) is 40.5 Å². The van der Waals surface area contributed by atoms with E-state index in [0.29, 0.717) is 5.92 Å². The van der Waals surface area contributed by atoms with Gasteiger partial charge in [-0.15, -0.1) is 11.3 Å². The lowest BCUT2D eigenvalue weighted by Crippen LogP contribution is -2.64. The Morgan fingerprint density at radius 3 is 2.88 bits per heavy atom. The fourth-order valence-electron chi connectivity index (χ4n) is 3.94. The smallest absolute Gasteiger partial charge is 0.318 e. The molecule has 0 radical (unpaired) electrons. The summed E-state index contributed by atoms with van der Waals surface area (Å²) in [5.41, 5.74) is 0. The predicted octanol–water partition coefficient (Wildman–Crippen LogP) is 2.36. The summed E-state index contributed by atoms with van der Waals surface area (Å²) < 4.78 is 0. The highest BCUT2D eigenvalue weighted by Gasteiger charge is 2.41. The number of carbonyl (C=O) groups excluding carboxylic acids is 2. The van der Waals surface area contributed by atoms with E-state index in [9.17, 15) is 9.59 Å². The number of piperazine rings is 1. The molecule has 3 amide bonds. The van der Waals surface area contributed by atoms with Crippen LogP contribution in [0.1, 0.15) is 54.5 Å². The van der Waals surface area contributed by atoms with Crippen molar-refractivity contribution in [2.75, 3.05) is 6.54 Å². The van der Waals surface area contributed by atoms with Crippen molar-refractivity contribution in [2.24, 2.45) is 5.92 Å². The van der Waals surface area contributed by atoms with Crippen LogP contribution in [-0.2, 0) is 4.79 Å². The Kier molecular flexibility index (Phi) is 4.20. The first-order valence-corrected chi connectivity index (χ1v) is 9.72. The number of thiazole rings is 1. The van der Waals surface area contributed by atoms with Gasteiger partial charge in [0.05, 0.1) is 12.1 Å². The van der Waals surface area contributed by atoms with E-state index in [2.05, 4.69) is 15.6 Å².